The van der Waals surface area contributed by atoms with Crippen molar-refractivity contribution in [3.8, 4) is 0 Å². The molecule has 4 rings (SSSR count). The molecule has 0 bridgehead atoms. The lowest BCUT2D eigenvalue weighted by Crippen LogP contribution is -2.38. The SMILES string of the molecule is O=c1c2sc3ccccc3c2n(Cc2ccccc2)c(=O)n1O. The topological polar surface area (TPSA) is 64.2 Å². The smallest absolute Gasteiger partial charge is 0.365 e. The molecule has 0 amide bonds. The molecule has 2 aromatic heterocycles. The highest BCUT2D eigenvalue weighted by atomic mass is 32.1. The lowest BCUT2D eigenvalue weighted by molar-refractivity contribution is 0.158. The van der Waals surface area contributed by atoms with Crippen LogP contribution in [0.3, 0.4) is 0 Å². The van der Waals surface area contributed by atoms with Crippen LogP contribution in [0.15, 0.2) is 64.2 Å². The number of fused-ring (bicyclic) bond motifs is 3. The van der Waals surface area contributed by atoms with Gasteiger partial charge in [0.15, 0.2) is 0 Å². The molecule has 5 nitrogen and oxygen atoms in total. The zero-order valence-electron chi connectivity index (χ0n) is 12.0. The normalized spacial score (nSPS) is 11.3. The predicted octanol–water partition coefficient (Wildman–Crippen LogP) is 2.66. The number of rotatable bonds is 2. The van der Waals surface area contributed by atoms with Gasteiger partial charge in [0, 0.05) is 10.1 Å². The molecule has 23 heavy (non-hydrogen) atoms. The van der Waals surface area contributed by atoms with Crippen molar-refractivity contribution in [3.63, 3.8) is 0 Å². The van der Waals surface area contributed by atoms with E-state index in [1.807, 2.05) is 54.6 Å². The molecule has 0 aliphatic carbocycles. The van der Waals surface area contributed by atoms with Gasteiger partial charge in [-0.1, -0.05) is 53.3 Å². The van der Waals surface area contributed by atoms with Gasteiger partial charge in [0.2, 0.25) is 0 Å². The third-order valence-electron chi connectivity index (χ3n) is 3.82. The zero-order valence-corrected chi connectivity index (χ0v) is 12.8. The van der Waals surface area contributed by atoms with E-state index in [4.69, 9.17) is 0 Å². The second-order valence-electron chi connectivity index (χ2n) is 5.25. The fraction of sp³-hybridized carbons (Fsp3) is 0.0588. The number of nitrogens with zero attached hydrogens (tertiary/aromatic N) is 2. The summed E-state index contributed by atoms with van der Waals surface area (Å²) >= 11 is 1.28. The van der Waals surface area contributed by atoms with Crippen molar-refractivity contribution >= 4 is 31.6 Å². The fourth-order valence-corrected chi connectivity index (χ4v) is 3.88. The van der Waals surface area contributed by atoms with Gasteiger partial charge in [-0.3, -0.25) is 9.36 Å². The van der Waals surface area contributed by atoms with Crippen LogP contribution in [0.25, 0.3) is 20.3 Å². The third kappa shape index (κ3) is 2.07. The second-order valence-corrected chi connectivity index (χ2v) is 6.30. The molecule has 0 atom stereocenters. The predicted molar refractivity (Wildman–Crippen MR) is 90.6 cm³/mol. The highest BCUT2D eigenvalue weighted by Crippen LogP contribution is 2.30. The van der Waals surface area contributed by atoms with E-state index in [2.05, 4.69) is 0 Å². The van der Waals surface area contributed by atoms with Crippen LogP contribution in [-0.2, 0) is 6.54 Å². The van der Waals surface area contributed by atoms with Crippen LogP contribution in [-0.4, -0.2) is 14.5 Å². The number of hydrogen-bond donors (Lipinski definition) is 1. The Kier molecular flexibility index (Phi) is 3.06. The van der Waals surface area contributed by atoms with Gasteiger partial charge in [-0.15, -0.1) is 11.3 Å². The van der Waals surface area contributed by atoms with Crippen LogP contribution in [0.5, 0.6) is 0 Å². The van der Waals surface area contributed by atoms with E-state index in [9.17, 15) is 14.8 Å². The molecule has 114 valence electrons. The largest absolute Gasteiger partial charge is 0.421 e. The van der Waals surface area contributed by atoms with Crippen molar-refractivity contribution in [2.45, 2.75) is 6.54 Å². The number of hydrogen-bond acceptors (Lipinski definition) is 4. The summed E-state index contributed by atoms with van der Waals surface area (Å²) in [6, 6.07) is 17.0. The van der Waals surface area contributed by atoms with E-state index < -0.39 is 11.2 Å². The van der Waals surface area contributed by atoms with Crippen LogP contribution in [0.4, 0.5) is 0 Å². The minimum absolute atomic E-state index is 0.195. The van der Waals surface area contributed by atoms with Gasteiger partial charge in [-0.05, 0) is 11.6 Å². The molecule has 0 spiro atoms. The Hall–Kier alpha value is -2.86. The van der Waals surface area contributed by atoms with Gasteiger partial charge in [0.05, 0.1) is 12.1 Å². The number of benzene rings is 2. The molecular weight excluding hydrogens is 312 g/mol. The molecule has 0 aliphatic heterocycles. The van der Waals surface area contributed by atoms with E-state index in [1.54, 1.807) is 0 Å². The molecule has 0 radical (unpaired) electrons. The highest BCUT2D eigenvalue weighted by molar-refractivity contribution is 7.25. The molecule has 4 aromatic rings. The Morgan fingerprint density at radius 3 is 2.43 bits per heavy atom. The summed E-state index contributed by atoms with van der Waals surface area (Å²) in [5, 5.41) is 10.7. The van der Waals surface area contributed by atoms with Crippen LogP contribution >= 0.6 is 11.3 Å². The summed E-state index contributed by atoms with van der Waals surface area (Å²) in [5.74, 6) is 0. The fourth-order valence-electron chi connectivity index (χ4n) is 2.75. The first-order valence-electron chi connectivity index (χ1n) is 7.07. The van der Waals surface area contributed by atoms with Gasteiger partial charge in [0.25, 0.3) is 0 Å². The first-order chi connectivity index (χ1) is 11.2. The lowest BCUT2D eigenvalue weighted by Gasteiger charge is -2.09. The first-order valence-corrected chi connectivity index (χ1v) is 7.89. The molecule has 2 aromatic carbocycles. The Balaban J connectivity index is 2.13. The van der Waals surface area contributed by atoms with Gasteiger partial charge < -0.3 is 5.21 Å². The zero-order chi connectivity index (χ0) is 16.0. The molecule has 0 saturated heterocycles. The third-order valence-corrected chi connectivity index (χ3v) is 4.97. The van der Waals surface area contributed by atoms with E-state index in [0.29, 0.717) is 10.2 Å². The quantitative estimate of drug-likeness (QED) is 0.577. The van der Waals surface area contributed by atoms with Gasteiger partial charge >= 0.3 is 11.2 Å². The molecule has 0 unspecified atom stereocenters. The summed E-state index contributed by atoms with van der Waals surface area (Å²) in [6.45, 7) is 0.289. The Morgan fingerprint density at radius 2 is 1.65 bits per heavy atom. The minimum atomic E-state index is -0.727. The van der Waals surface area contributed by atoms with Crippen molar-refractivity contribution in [1.82, 2.24) is 9.30 Å². The lowest BCUT2D eigenvalue weighted by atomic mass is 10.2. The highest BCUT2D eigenvalue weighted by Gasteiger charge is 2.17. The van der Waals surface area contributed by atoms with E-state index in [-0.39, 0.29) is 11.3 Å². The van der Waals surface area contributed by atoms with E-state index in [1.165, 1.54) is 15.9 Å². The van der Waals surface area contributed by atoms with Crippen molar-refractivity contribution in [3.05, 3.63) is 81.0 Å². The molecule has 0 saturated carbocycles. The van der Waals surface area contributed by atoms with Gasteiger partial charge in [0.1, 0.15) is 4.70 Å². The number of aromatic nitrogens is 2. The van der Waals surface area contributed by atoms with Crippen molar-refractivity contribution in [2.75, 3.05) is 0 Å². The summed E-state index contributed by atoms with van der Waals surface area (Å²) < 4.78 is 2.93. The molecule has 6 heteroatoms. The average Bonchev–Trinajstić information content (AvgIpc) is 2.97. The maximum atomic E-state index is 12.4. The standard InChI is InChI=1S/C17H12N2O3S/c20-16-15-14(12-8-4-5-9-13(12)23-15)18(17(21)19(16)22)10-11-6-2-1-3-7-11/h1-9,22H,10H2. The summed E-state index contributed by atoms with van der Waals surface area (Å²) in [6.07, 6.45) is 0. The first kappa shape index (κ1) is 13.8. The summed E-state index contributed by atoms with van der Waals surface area (Å²) in [5.41, 5.74) is 0.102. The van der Waals surface area contributed by atoms with Crippen LogP contribution in [0.1, 0.15) is 5.56 Å². The molecule has 1 N–H and O–H groups in total. The van der Waals surface area contributed by atoms with Crippen molar-refractivity contribution in [2.24, 2.45) is 0 Å². The molecule has 0 aliphatic rings. The Labute approximate surface area is 134 Å². The molecular formula is C17H12N2O3S. The van der Waals surface area contributed by atoms with Crippen LogP contribution in [0, 0.1) is 0 Å². The number of thiophene rings is 1. The minimum Gasteiger partial charge on any atom is -0.421 e. The van der Waals surface area contributed by atoms with Gasteiger partial charge in [-0.25, -0.2) is 4.79 Å². The maximum absolute atomic E-state index is 12.4. The van der Waals surface area contributed by atoms with E-state index in [0.717, 1.165) is 15.6 Å². The van der Waals surface area contributed by atoms with Crippen molar-refractivity contribution < 1.29 is 5.21 Å². The monoisotopic (exact) mass is 324 g/mol. The Morgan fingerprint density at radius 1 is 0.957 bits per heavy atom. The van der Waals surface area contributed by atoms with Crippen LogP contribution in [0.2, 0.25) is 0 Å². The van der Waals surface area contributed by atoms with Crippen LogP contribution < -0.4 is 11.2 Å². The van der Waals surface area contributed by atoms with Crippen molar-refractivity contribution in [1.29, 1.82) is 0 Å². The molecule has 0 fully saturated rings. The maximum Gasteiger partial charge on any atom is 0.365 e. The second kappa shape index (κ2) is 5.10. The van der Waals surface area contributed by atoms with E-state index >= 15 is 0 Å². The van der Waals surface area contributed by atoms with Gasteiger partial charge in [-0.2, -0.15) is 0 Å². The Bertz CT molecular complexity index is 1140. The summed E-state index contributed by atoms with van der Waals surface area (Å²) in [7, 11) is 0. The average molecular weight is 324 g/mol. The molecule has 2 heterocycles. The summed E-state index contributed by atoms with van der Waals surface area (Å²) in [4.78, 5) is 24.7.